The second kappa shape index (κ2) is 6.20. The van der Waals surface area contributed by atoms with E-state index in [-0.39, 0.29) is 11.3 Å². The zero-order valence-corrected chi connectivity index (χ0v) is 12.2. The number of hydrogen-bond donors (Lipinski definition) is 2. The lowest BCUT2D eigenvalue weighted by molar-refractivity contribution is 0.0698. The van der Waals surface area contributed by atoms with Crippen molar-refractivity contribution in [3.8, 4) is 6.07 Å². The van der Waals surface area contributed by atoms with Crippen LogP contribution in [0.5, 0.6) is 0 Å². The van der Waals surface area contributed by atoms with E-state index in [4.69, 9.17) is 10.4 Å². The van der Waals surface area contributed by atoms with Crippen LogP contribution in [0.4, 0.5) is 5.69 Å². The summed E-state index contributed by atoms with van der Waals surface area (Å²) in [6, 6.07) is 12.6. The highest BCUT2D eigenvalue weighted by molar-refractivity contribution is 9.10. The number of carbonyl (C=O) groups excluding carboxylic acids is 1. The van der Waals surface area contributed by atoms with E-state index in [1.165, 1.54) is 30.3 Å². The summed E-state index contributed by atoms with van der Waals surface area (Å²) < 4.78 is 0.476. The number of carboxylic acids is 1. The molecule has 104 valence electrons. The lowest BCUT2D eigenvalue weighted by atomic mass is 10.1. The molecule has 0 saturated heterocycles. The van der Waals surface area contributed by atoms with Crippen LogP contribution < -0.4 is 5.32 Å². The molecule has 0 spiro atoms. The Kier molecular flexibility index (Phi) is 4.36. The highest BCUT2D eigenvalue weighted by Crippen LogP contribution is 2.27. The quantitative estimate of drug-likeness (QED) is 0.893. The zero-order chi connectivity index (χ0) is 15.4. The lowest BCUT2D eigenvalue weighted by Crippen LogP contribution is -2.15. The van der Waals surface area contributed by atoms with Crippen LogP contribution in [-0.2, 0) is 0 Å². The Morgan fingerprint density at radius 1 is 1.14 bits per heavy atom. The first-order valence-electron chi connectivity index (χ1n) is 5.86. The molecule has 0 unspecified atom stereocenters. The van der Waals surface area contributed by atoms with Crippen LogP contribution in [0.3, 0.4) is 0 Å². The number of anilines is 1. The second-order valence-electron chi connectivity index (χ2n) is 4.11. The number of carbonyl (C=O) groups is 2. The van der Waals surface area contributed by atoms with Crippen molar-refractivity contribution in [3.63, 3.8) is 0 Å². The third-order valence-electron chi connectivity index (χ3n) is 2.76. The van der Waals surface area contributed by atoms with Crippen molar-refractivity contribution >= 4 is 33.5 Å². The van der Waals surface area contributed by atoms with E-state index in [2.05, 4.69) is 21.2 Å². The highest BCUT2D eigenvalue weighted by Gasteiger charge is 2.16. The van der Waals surface area contributed by atoms with Crippen LogP contribution in [0.2, 0.25) is 0 Å². The van der Waals surface area contributed by atoms with E-state index >= 15 is 0 Å². The zero-order valence-electron chi connectivity index (χ0n) is 10.6. The van der Waals surface area contributed by atoms with Crippen molar-refractivity contribution in [2.75, 3.05) is 5.32 Å². The van der Waals surface area contributed by atoms with E-state index in [1.54, 1.807) is 12.1 Å². The van der Waals surface area contributed by atoms with Gasteiger partial charge in [0, 0.05) is 10.0 Å². The largest absolute Gasteiger partial charge is 0.478 e. The first-order chi connectivity index (χ1) is 10.0. The Morgan fingerprint density at radius 3 is 2.38 bits per heavy atom. The molecule has 5 nitrogen and oxygen atoms in total. The summed E-state index contributed by atoms with van der Waals surface area (Å²) in [5.41, 5.74) is 0.963. The van der Waals surface area contributed by atoms with Crippen molar-refractivity contribution in [3.05, 3.63) is 63.6 Å². The van der Waals surface area contributed by atoms with Gasteiger partial charge >= 0.3 is 5.97 Å². The fraction of sp³-hybridized carbons (Fsp3) is 0. The first-order valence-corrected chi connectivity index (χ1v) is 6.65. The number of amides is 1. The molecule has 0 heterocycles. The molecule has 2 rings (SSSR count). The maximum absolute atomic E-state index is 12.1. The minimum atomic E-state index is -1.13. The maximum Gasteiger partial charge on any atom is 0.337 e. The average molecular weight is 345 g/mol. The van der Waals surface area contributed by atoms with E-state index in [0.29, 0.717) is 15.6 Å². The van der Waals surface area contributed by atoms with Gasteiger partial charge in [0.15, 0.2) is 0 Å². The van der Waals surface area contributed by atoms with Crippen LogP contribution in [0.1, 0.15) is 26.3 Å². The standard InChI is InChI=1S/C15H9BrN2O3/c16-12-3-1-2-11(15(20)21)13(12)18-14(19)10-6-4-9(8-17)5-7-10/h1-7H,(H,18,19)(H,20,21). The third-order valence-corrected chi connectivity index (χ3v) is 3.42. The van der Waals surface area contributed by atoms with Gasteiger partial charge in [0.05, 0.1) is 22.9 Å². The van der Waals surface area contributed by atoms with Gasteiger partial charge in [0.25, 0.3) is 5.91 Å². The summed E-state index contributed by atoms with van der Waals surface area (Å²) in [5, 5.41) is 20.4. The van der Waals surface area contributed by atoms with Crippen LogP contribution in [0.25, 0.3) is 0 Å². The van der Waals surface area contributed by atoms with Crippen molar-refractivity contribution in [1.82, 2.24) is 0 Å². The number of halogens is 1. The predicted molar refractivity (Wildman–Crippen MR) is 80.2 cm³/mol. The molecule has 2 aromatic carbocycles. The Hall–Kier alpha value is -2.65. The van der Waals surface area contributed by atoms with Gasteiger partial charge in [-0.1, -0.05) is 6.07 Å². The van der Waals surface area contributed by atoms with Gasteiger partial charge in [-0.3, -0.25) is 4.79 Å². The Bertz CT molecular complexity index is 749. The fourth-order valence-corrected chi connectivity index (χ4v) is 2.18. The number of aromatic carboxylic acids is 1. The van der Waals surface area contributed by atoms with Crippen LogP contribution in [0.15, 0.2) is 46.9 Å². The van der Waals surface area contributed by atoms with Gasteiger partial charge in [-0.2, -0.15) is 5.26 Å². The molecule has 0 bridgehead atoms. The van der Waals surface area contributed by atoms with Gasteiger partial charge in [0.1, 0.15) is 0 Å². The van der Waals surface area contributed by atoms with Crippen molar-refractivity contribution in [1.29, 1.82) is 5.26 Å². The van der Waals surface area contributed by atoms with Crippen molar-refractivity contribution in [2.24, 2.45) is 0 Å². The molecular weight excluding hydrogens is 336 g/mol. The summed E-state index contributed by atoms with van der Waals surface area (Å²) in [6.45, 7) is 0. The maximum atomic E-state index is 12.1. The minimum absolute atomic E-state index is 0.00799. The highest BCUT2D eigenvalue weighted by atomic mass is 79.9. The van der Waals surface area contributed by atoms with Gasteiger partial charge in [-0.05, 0) is 52.3 Å². The molecule has 0 atom stereocenters. The summed E-state index contributed by atoms with van der Waals surface area (Å²) in [5.74, 6) is -1.58. The van der Waals surface area contributed by atoms with Crippen molar-refractivity contribution < 1.29 is 14.7 Å². The van der Waals surface area contributed by atoms with E-state index in [9.17, 15) is 9.59 Å². The monoisotopic (exact) mass is 344 g/mol. The number of hydrogen-bond acceptors (Lipinski definition) is 3. The Balaban J connectivity index is 2.31. The van der Waals surface area contributed by atoms with Crippen LogP contribution >= 0.6 is 15.9 Å². The third kappa shape index (κ3) is 3.27. The molecule has 0 fully saturated rings. The van der Waals surface area contributed by atoms with Gasteiger partial charge in [0.2, 0.25) is 0 Å². The number of nitriles is 1. The lowest BCUT2D eigenvalue weighted by Gasteiger charge is -2.10. The Labute approximate surface area is 129 Å². The summed E-state index contributed by atoms with van der Waals surface area (Å²) in [6.07, 6.45) is 0. The molecule has 0 aliphatic rings. The fourth-order valence-electron chi connectivity index (χ4n) is 1.71. The summed E-state index contributed by atoms with van der Waals surface area (Å²) in [7, 11) is 0. The molecule has 21 heavy (non-hydrogen) atoms. The molecule has 2 aromatic rings. The number of para-hydroxylation sites is 1. The van der Waals surface area contributed by atoms with Gasteiger partial charge in [-0.25, -0.2) is 4.79 Å². The average Bonchev–Trinajstić information content (AvgIpc) is 2.49. The van der Waals surface area contributed by atoms with Crippen molar-refractivity contribution in [2.45, 2.75) is 0 Å². The smallest absolute Gasteiger partial charge is 0.337 e. The molecule has 0 aliphatic carbocycles. The van der Waals surface area contributed by atoms with Crippen LogP contribution in [0, 0.1) is 11.3 Å². The molecule has 0 aromatic heterocycles. The molecule has 0 aliphatic heterocycles. The second-order valence-corrected chi connectivity index (χ2v) is 4.97. The molecule has 1 amide bonds. The topological polar surface area (TPSA) is 90.2 Å². The number of nitrogens with one attached hydrogen (secondary N) is 1. The molecule has 0 radical (unpaired) electrons. The SMILES string of the molecule is N#Cc1ccc(C(=O)Nc2c(Br)cccc2C(=O)O)cc1. The number of carboxylic acid groups (broad SMARTS) is 1. The Morgan fingerprint density at radius 2 is 1.81 bits per heavy atom. The molecule has 2 N–H and O–H groups in total. The van der Waals surface area contributed by atoms with Gasteiger partial charge in [-0.15, -0.1) is 0 Å². The molecule has 6 heteroatoms. The van der Waals surface area contributed by atoms with E-state index in [0.717, 1.165) is 0 Å². The van der Waals surface area contributed by atoms with Gasteiger partial charge < -0.3 is 10.4 Å². The minimum Gasteiger partial charge on any atom is -0.478 e. The number of rotatable bonds is 3. The number of nitrogens with zero attached hydrogens (tertiary/aromatic N) is 1. The normalized spacial score (nSPS) is 9.71. The first kappa shape index (κ1) is 14.8. The molecule has 0 saturated carbocycles. The number of benzene rings is 2. The van der Waals surface area contributed by atoms with E-state index < -0.39 is 11.9 Å². The summed E-state index contributed by atoms with van der Waals surface area (Å²) >= 11 is 3.22. The van der Waals surface area contributed by atoms with E-state index in [1.807, 2.05) is 6.07 Å². The predicted octanol–water partition coefficient (Wildman–Crippen LogP) is 3.27. The van der Waals surface area contributed by atoms with Crippen LogP contribution in [-0.4, -0.2) is 17.0 Å². The molecular formula is C15H9BrN2O3. The summed E-state index contributed by atoms with van der Waals surface area (Å²) in [4.78, 5) is 23.3.